The van der Waals surface area contributed by atoms with Crippen molar-refractivity contribution in [1.82, 2.24) is 14.9 Å². The lowest BCUT2D eigenvalue weighted by Gasteiger charge is -2.30. The molecule has 2 aromatic rings. The number of para-hydroxylation sites is 2. The molecule has 3 N–H and O–H groups in total. The topological polar surface area (TPSA) is 75.0 Å². The van der Waals surface area contributed by atoms with E-state index in [2.05, 4.69) is 16.9 Å². The third-order valence-electron chi connectivity index (χ3n) is 4.06. The Kier molecular flexibility index (Phi) is 4.69. The fourth-order valence-corrected chi connectivity index (χ4v) is 3.61. The molecule has 0 saturated carbocycles. The number of hydrogen-bond acceptors (Lipinski definition) is 4. The summed E-state index contributed by atoms with van der Waals surface area (Å²) in [4.78, 5) is 22.1. The van der Waals surface area contributed by atoms with Crippen molar-refractivity contribution in [2.24, 2.45) is 5.73 Å². The molecule has 2 unspecified atom stereocenters. The number of amides is 1. The van der Waals surface area contributed by atoms with E-state index in [1.807, 2.05) is 29.2 Å². The predicted molar refractivity (Wildman–Crippen MR) is 90.8 cm³/mol. The summed E-state index contributed by atoms with van der Waals surface area (Å²) in [5.74, 6) is 1.59. The lowest BCUT2D eigenvalue weighted by Crippen LogP contribution is -2.46. The van der Waals surface area contributed by atoms with Gasteiger partial charge in [-0.1, -0.05) is 12.1 Å². The zero-order valence-corrected chi connectivity index (χ0v) is 13.6. The number of rotatable bonds is 4. The molecule has 2 atom stereocenters. The van der Waals surface area contributed by atoms with Crippen LogP contribution in [0.2, 0.25) is 0 Å². The molecule has 1 saturated heterocycles. The minimum Gasteiger partial charge on any atom is -0.341 e. The molecule has 1 aromatic heterocycles. The number of hydrogen-bond donors (Lipinski definition) is 2. The summed E-state index contributed by atoms with van der Waals surface area (Å²) in [6.07, 6.45) is 2.03. The summed E-state index contributed by atoms with van der Waals surface area (Å²) in [5, 5.41) is 0.162. The van der Waals surface area contributed by atoms with E-state index in [0.717, 1.165) is 36.2 Å². The molecule has 0 bridgehead atoms. The molecule has 0 spiro atoms. The summed E-state index contributed by atoms with van der Waals surface area (Å²) in [5.41, 5.74) is 7.95. The van der Waals surface area contributed by atoms with Gasteiger partial charge in [0.15, 0.2) is 0 Å². The molecule has 1 amide bonds. The highest BCUT2D eigenvalue weighted by molar-refractivity contribution is 8.00. The highest BCUT2D eigenvalue weighted by Crippen LogP contribution is 2.28. The van der Waals surface area contributed by atoms with Crippen molar-refractivity contribution >= 4 is 28.7 Å². The number of likely N-dealkylation sites (tertiary alicyclic amines) is 1. The molecule has 6 heteroatoms. The molecule has 1 aliphatic heterocycles. The highest BCUT2D eigenvalue weighted by atomic mass is 32.2. The van der Waals surface area contributed by atoms with Gasteiger partial charge in [0.05, 0.1) is 22.0 Å². The Hall–Kier alpha value is -1.53. The Bertz CT molecular complexity index is 623. The second-order valence-corrected chi connectivity index (χ2v) is 7.16. The molecule has 0 radical (unpaired) electrons. The summed E-state index contributed by atoms with van der Waals surface area (Å²) >= 11 is 1.62. The van der Waals surface area contributed by atoms with E-state index >= 15 is 0 Å². The van der Waals surface area contributed by atoms with Gasteiger partial charge in [0.2, 0.25) is 5.91 Å². The van der Waals surface area contributed by atoms with Gasteiger partial charge in [-0.3, -0.25) is 4.79 Å². The number of H-pyrrole nitrogens is 1. The first-order valence-corrected chi connectivity index (χ1v) is 8.78. The van der Waals surface area contributed by atoms with E-state index in [9.17, 15) is 4.79 Å². The van der Waals surface area contributed by atoms with E-state index in [0.29, 0.717) is 12.3 Å². The Morgan fingerprint density at radius 2 is 2.36 bits per heavy atom. The number of imidazole rings is 1. The van der Waals surface area contributed by atoms with E-state index in [4.69, 9.17) is 5.73 Å². The maximum atomic E-state index is 12.3. The molecule has 118 valence electrons. The third kappa shape index (κ3) is 3.44. The van der Waals surface area contributed by atoms with Crippen molar-refractivity contribution in [3.63, 3.8) is 0 Å². The average Bonchev–Trinajstić information content (AvgIpc) is 2.96. The number of piperidine rings is 1. The molecule has 1 aliphatic rings. The van der Waals surface area contributed by atoms with Gasteiger partial charge in [0.25, 0.3) is 0 Å². The minimum atomic E-state index is 0.135. The van der Waals surface area contributed by atoms with E-state index < -0.39 is 0 Å². The molecule has 2 heterocycles. The van der Waals surface area contributed by atoms with Gasteiger partial charge in [-0.2, -0.15) is 0 Å². The standard InChI is InChI=1S/C16H22N4OS/c1-11(16-18-13-6-2-3-7-14(13)19-16)22-10-15(21)20-8-4-5-12(17)9-20/h2-3,6-7,11-12H,4-5,8-10,17H2,1H3,(H,18,19). The van der Waals surface area contributed by atoms with Gasteiger partial charge in [-0.15, -0.1) is 11.8 Å². The lowest BCUT2D eigenvalue weighted by molar-refractivity contribution is -0.129. The van der Waals surface area contributed by atoms with Crippen LogP contribution in [0.3, 0.4) is 0 Å². The number of carbonyl (C=O) groups is 1. The van der Waals surface area contributed by atoms with Crippen LogP contribution in [0.25, 0.3) is 11.0 Å². The molecular formula is C16H22N4OS. The number of nitrogens with two attached hydrogens (primary N) is 1. The molecule has 1 aromatic carbocycles. The fraction of sp³-hybridized carbons (Fsp3) is 0.500. The number of nitrogens with one attached hydrogen (secondary N) is 1. The number of fused-ring (bicyclic) bond motifs is 1. The van der Waals surface area contributed by atoms with Crippen molar-refractivity contribution in [3.8, 4) is 0 Å². The first-order valence-electron chi connectivity index (χ1n) is 7.73. The number of thioether (sulfide) groups is 1. The van der Waals surface area contributed by atoms with E-state index in [1.165, 1.54) is 0 Å². The monoisotopic (exact) mass is 318 g/mol. The van der Waals surface area contributed by atoms with Crippen molar-refractivity contribution in [2.45, 2.75) is 31.1 Å². The van der Waals surface area contributed by atoms with Crippen molar-refractivity contribution in [1.29, 1.82) is 0 Å². The molecule has 5 nitrogen and oxygen atoms in total. The fourth-order valence-electron chi connectivity index (χ4n) is 2.77. The largest absolute Gasteiger partial charge is 0.341 e. The Balaban J connectivity index is 1.57. The number of aromatic amines is 1. The second kappa shape index (κ2) is 6.71. The van der Waals surface area contributed by atoms with Crippen LogP contribution in [0.15, 0.2) is 24.3 Å². The summed E-state index contributed by atoms with van der Waals surface area (Å²) in [6.45, 7) is 3.61. The van der Waals surface area contributed by atoms with Gasteiger partial charge in [0.1, 0.15) is 5.82 Å². The van der Waals surface area contributed by atoms with Crippen molar-refractivity contribution < 1.29 is 4.79 Å². The van der Waals surface area contributed by atoms with E-state index in [1.54, 1.807) is 11.8 Å². The smallest absolute Gasteiger partial charge is 0.232 e. The van der Waals surface area contributed by atoms with Crippen LogP contribution >= 0.6 is 11.8 Å². The Morgan fingerprint density at radius 1 is 1.55 bits per heavy atom. The van der Waals surface area contributed by atoms with E-state index in [-0.39, 0.29) is 17.2 Å². The van der Waals surface area contributed by atoms with Crippen molar-refractivity contribution in [3.05, 3.63) is 30.1 Å². The summed E-state index contributed by atoms with van der Waals surface area (Å²) in [6, 6.07) is 8.12. The lowest BCUT2D eigenvalue weighted by atomic mass is 10.1. The molecule has 0 aliphatic carbocycles. The summed E-state index contributed by atoms with van der Waals surface area (Å²) < 4.78 is 0. The highest BCUT2D eigenvalue weighted by Gasteiger charge is 2.22. The normalized spacial score (nSPS) is 20.3. The van der Waals surface area contributed by atoms with Crippen LogP contribution in [-0.4, -0.2) is 45.7 Å². The number of nitrogens with zero attached hydrogens (tertiary/aromatic N) is 2. The first kappa shape index (κ1) is 15.4. The maximum absolute atomic E-state index is 12.3. The van der Waals surface area contributed by atoms with Crippen LogP contribution in [0.1, 0.15) is 30.8 Å². The van der Waals surface area contributed by atoms with Crippen LogP contribution in [0, 0.1) is 0 Å². The predicted octanol–water partition coefficient (Wildman–Crippen LogP) is 2.31. The zero-order chi connectivity index (χ0) is 15.5. The number of aromatic nitrogens is 2. The van der Waals surface area contributed by atoms with Crippen LogP contribution in [0.4, 0.5) is 0 Å². The Morgan fingerprint density at radius 3 is 3.14 bits per heavy atom. The van der Waals surface area contributed by atoms with Gasteiger partial charge in [-0.05, 0) is 31.9 Å². The SMILES string of the molecule is CC(SCC(=O)N1CCCC(N)C1)c1nc2ccccc2[nH]1. The maximum Gasteiger partial charge on any atom is 0.232 e. The van der Waals surface area contributed by atoms with Gasteiger partial charge in [0, 0.05) is 19.1 Å². The van der Waals surface area contributed by atoms with Crippen LogP contribution < -0.4 is 5.73 Å². The first-order chi connectivity index (χ1) is 10.6. The minimum absolute atomic E-state index is 0.135. The van der Waals surface area contributed by atoms with Crippen LogP contribution in [0.5, 0.6) is 0 Å². The van der Waals surface area contributed by atoms with Gasteiger partial charge < -0.3 is 15.6 Å². The molecular weight excluding hydrogens is 296 g/mol. The number of benzene rings is 1. The molecule has 1 fully saturated rings. The summed E-state index contributed by atoms with van der Waals surface area (Å²) in [7, 11) is 0. The zero-order valence-electron chi connectivity index (χ0n) is 12.8. The number of carbonyl (C=O) groups excluding carboxylic acids is 1. The van der Waals surface area contributed by atoms with Crippen molar-refractivity contribution in [2.75, 3.05) is 18.8 Å². The quantitative estimate of drug-likeness (QED) is 0.907. The third-order valence-corrected chi connectivity index (χ3v) is 5.20. The molecule has 22 heavy (non-hydrogen) atoms. The average molecular weight is 318 g/mol. The second-order valence-electron chi connectivity index (χ2n) is 5.83. The van der Waals surface area contributed by atoms with Gasteiger partial charge in [-0.25, -0.2) is 4.98 Å². The van der Waals surface area contributed by atoms with Crippen LogP contribution in [-0.2, 0) is 4.79 Å². The Labute approximate surface area is 134 Å². The molecule has 3 rings (SSSR count). The van der Waals surface area contributed by atoms with Gasteiger partial charge >= 0.3 is 0 Å².